The first-order chi connectivity index (χ1) is 7.04. The average Bonchev–Trinajstić information content (AvgIpc) is 2.22. The first-order valence-electron chi connectivity index (χ1n) is 4.27. The van der Waals surface area contributed by atoms with Gasteiger partial charge in [0.25, 0.3) is 0 Å². The molecule has 0 radical (unpaired) electrons. The first kappa shape index (κ1) is 11.3. The molecule has 6 nitrogen and oxygen atoms in total. The lowest BCUT2D eigenvalue weighted by atomic mass is 10.3. The number of rotatable bonds is 3. The molecule has 1 rings (SSSR count). The predicted octanol–water partition coefficient (Wildman–Crippen LogP) is -0.946. The number of esters is 1. The molecule has 1 atom stereocenters. The molecule has 0 fully saturated rings. The number of nitrogens with zero attached hydrogens (tertiary/aromatic N) is 1. The van der Waals surface area contributed by atoms with Gasteiger partial charge < -0.3 is 20.1 Å². The Kier molecular flexibility index (Phi) is 3.46. The molecule has 0 aliphatic carbocycles. The molecular formula is C9H12N2O4. The average molecular weight is 212 g/mol. The third kappa shape index (κ3) is 2.81. The van der Waals surface area contributed by atoms with Crippen LogP contribution in [0.25, 0.3) is 0 Å². The maximum absolute atomic E-state index is 11.0. The van der Waals surface area contributed by atoms with E-state index in [4.69, 9.17) is 10.8 Å². The van der Waals surface area contributed by atoms with E-state index in [9.17, 15) is 9.59 Å². The molecular weight excluding hydrogens is 200 g/mol. The highest BCUT2D eigenvalue weighted by atomic mass is 16.5. The molecule has 0 aliphatic rings. The van der Waals surface area contributed by atoms with Crippen LogP contribution >= 0.6 is 0 Å². The number of hydrogen-bond donors (Lipinski definition) is 2. The van der Waals surface area contributed by atoms with E-state index in [0.717, 1.165) is 0 Å². The number of pyridine rings is 1. The second kappa shape index (κ2) is 4.61. The summed E-state index contributed by atoms with van der Waals surface area (Å²) in [6.45, 7) is 0.139. The lowest BCUT2D eigenvalue weighted by Crippen LogP contribution is -2.35. The molecule has 0 saturated heterocycles. The third-order valence-corrected chi connectivity index (χ3v) is 1.87. The zero-order chi connectivity index (χ0) is 11.4. The molecule has 1 heterocycles. The number of hydrogen-bond acceptors (Lipinski definition) is 5. The Hall–Kier alpha value is -1.82. The van der Waals surface area contributed by atoms with Crippen LogP contribution in [0.3, 0.4) is 0 Å². The highest BCUT2D eigenvalue weighted by Gasteiger charge is 2.13. The summed E-state index contributed by atoms with van der Waals surface area (Å²) in [5, 5.41) is 9.12. The van der Waals surface area contributed by atoms with Crippen molar-refractivity contribution in [3.63, 3.8) is 0 Å². The quantitative estimate of drug-likeness (QED) is 0.630. The van der Waals surface area contributed by atoms with Crippen molar-refractivity contribution in [2.75, 3.05) is 7.11 Å². The summed E-state index contributed by atoms with van der Waals surface area (Å²) >= 11 is 0. The largest absolute Gasteiger partial charge is 0.503 e. The maximum Gasteiger partial charge on any atom is 0.324 e. The summed E-state index contributed by atoms with van der Waals surface area (Å²) in [6.07, 6.45) is 2.65. The second-order valence-corrected chi connectivity index (χ2v) is 3.02. The van der Waals surface area contributed by atoms with Gasteiger partial charge in [0.1, 0.15) is 6.04 Å². The van der Waals surface area contributed by atoms with Crippen LogP contribution in [0.4, 0.5) is 0 Å². The fourth-order valence-electron chi connectivity index (χ4n) is 1.08. The topological polar surface area (TPSA) is 94.5 Å². The zero-order valence-corrected chi connectivity index (χ0v) is 8.21. The van der Waals surface area contributed by atoms with Crippen molar-refractivity contribution in [1.29, 1.82) is 0 Å². The number of aromatic nitrogens is 1. The van der Waals surface area contributed by atoms with E-state index in [-0.39, 0.29) is 12.3 Å². The Morgan fingerprint density at radius 1 is 1.73 bits per heavy atom. The fourth-order valence-corrected chi connectivity index (χ4v) is 1.08. The van der Waals surface area contributed by atoms with Gasteiger partial charge in [0.15, 0.2) is 5.75 Å². The highest BCUT2D eigenvalue weighted by molar-refractivity contribution is 5.75. The normalized spacial score (nSPS) is 12.1. The summed E-state index contributed by atoms with van der Waals surface area (Å²) in [6, 6.07) is 0.371. The minimum absolute atomic E-state index is 0.139. The Morgan fingerprint density at radius 3 is 2.93 bits per heavy atom. The lowest BCUT2D eigenvalue weighted by molar-refractivity contribution is -0.142. The van der Waals surface area contributed by atoms with Crippen molar-refractivity contribution in [1.82, 2.24) is 4.57 Å². The van der Waals surface area contributed by atoms with Crippen LogP contribution in [0.1, 0.15) is 0 Å². The minimum atomic E-state index is -0.822. The van der Waals surface area contributed by atoms with Crippen LogP contribution < -0.4 is 11.2 Å². The molecule has 1 aromatic heterocycles. The summed E-state index contributed by atoms with van der Waals surface area (Å²) in [5.74, 6) is -0.928. The third-order valence-electron chi connectivity index (χ3n) is 1.87. The van der Waals surface area contributed by atoms with Crippen molar-refractivity contribution in [2.24, 2.45) is 5.73 Å². The molecule has 6 heteroatoms. The van der Waals surface area contributed by atoms with Crippen LogP contribution in [0.2, 0.25) is 0 Å². The van der Waals surface area contributed by atoms with Gasteiger partial charge in [-0.1, -0.05) is 0 Å². The molecule has 0 aromatic carbocycles. The van der Waals surface area contributed by atoms with Crippen molar-refractivity contribution < 1.29 is 14.6 Å². The van der Waals surface area contributed by atoms with Gasteiger partial charge in [0.2, 0.25) is 5.43 Å². The van der Waals surface area contributed by atoms with E-state index in [0.29, 0.717) is 0 Å². The standard InChI is InChI=1S/C9H12N2O4/c1-15-9(14)6(10)4-11-3-2-7(12)8(13)5-11/h2-3,5-6,13H,4,10H2,1H3. The zero-order valence-electron chi connectivity index (χ0n) is 8.21. The van der Waals surface area contributed by atoms with Gasteiger partial charge in [-0.2, -0.15) is 0 Å². The monoisotopic (exact) mass is 212 g/mol. The van der Waals surface area contributed by atoms with Gasteiger partial charge >= 0.3 is 5.97 Å². The smallest absolute Gasteiger partial charge is 0.324 e. The van der Waals surface area contributed by atoms with Gasteiger partial charge in [-0.25, -0.2) is 0 Å². The summed E-state index contributed by atoms with van der Waals surface area (Å²) in [5.41, 5.74) is 5.02. The van der Waals surface area contributed by atoms with Crippen molar-refractivity contribution in [3.05, 3.63) is 28.7 Å². The van der Waals surface area contributed by atoms with Gasteiger partial charge in [0.05, 0.1) is 7.11 Å². The van der Waals surface area contributed by atoms with Crippen LogP contribution in [0.15, 0.2) is 23.3 Å². The molecule has 0 amide bonds. The Labute approximate surface area is 85.9 Å². The summed E-state index contributed by atoms with van der Waals surface area (Å²) in [4.78, 5) is 21.8. The highest BCUT2D eigenvalue weighted by Crippen LogP contribution is 2.00. The number of nitrogens with two attached hydrogens (primary N) is 1. The Bertz CT molecular complexity index is 413. The van der Waals surface area contributed by atoms with E-state index < -0.39 is 17.4 Å². The van der Waals surface area contributed by atoms with E-state index in [2.05, 4.69) is 4.74 Å². The van der Waals surface area contributed by atoms with E-state index >= 15 is 0 Å². The molecule has 82 valence electrons. The number of ether oxygens (including phenoxy) is 1. The fraction of sp³-hybridized carbons (Fsp3) is 0.333. The van der Waals surface area contributed by atoms with E-state index in [1.54, 1.807) is 0 Å². The molecule has 0 spiro atoms. The van der Waals surface area contributed by atoms with Crippen LogP contribution in [0, 0.1) is 0 Å². The first-order valence-corrected chi connectivity index (χ1v) is 4.27. The minimum Gasteiger partial charge on any atom is -0.503 e. The maximum atomic E-state index is 11.0. The molecule has 3 N–H and O–H groups in total. The number of methoxy groups -OCH3 is 1. The van der Waals surface area contributed by atoms with E-state index in [1.807, 2.05) is 0 Å². The van der Waals surface area contributed by atoms with Gasteiger partial charge in [-0.15, -0.1) is 0 Å². The van der Waals surface area contributed by atoms with Gasteiger partial charge in [-0.05, 0) is 0 Å². The SMILES string of the molecule is COC(=O)C(N)Cn1ccc(=O)c(O)c1. The lowest BCUT2D eigenvalue weighted by Gasteiger charge is -2.11. The van der Waals surface area contributed by atoms with Gasteiger partial charge in [-0.3, -0.25) is 9.59 Å². The molecule has 1 unspecified atom stereocenters. The molecule has 0 saturated carbocycles. The van der Waals surface area contributed by atoms with Crippen molar-refractivity contribution in [2.45, 2.75) is 12.6 Å². The predicted molar refractivity (Wildman–Crippen MR) is 52.4 cm³/mol. The number of carbonyl (C=O) groups is 1. The Balaban J connectivity index is 2.77. The summed E-state index contributed by atoms with van der Waals surface area (Å²) < 4.78 is 5.88. The molecule has 0 aliphatic heterocycles. The van der Waals surface area contributed by atoms with Crippen LogP contribution in [-0.4, -0.2) is 28.8 Å². The molecule has 1 aromatic rings. The van der Waals surface area contributed by atoms with Crippen LogP contribution in [0.5, 0.6) is 5.75 Å². The summed E-state index contributed by atoms with van der Waals surface area (Å²) in [7, 11) is 1.24. The van der Waals surface area contributed by atoms with Gasteiger partial charge in [0, 0.05) is 25.0 Å². The molecule has 0 bridgehead atoms. The second-order valence-electron chi connectivity index (χ2n) is 3.02. The Morgan fingerprint density at radius 2 is 2.40 bits per heavy atom. The van der Waals surface area contributed by atoms with Crippen molar-refractivity contribution in [3.8, 4) is 5.75 Å². The molecule has 15 heavy (non-hydrogen) atoms. The van der Waals surface area contributed by atoms with E-state index in [1.165, 1.54) is 30.1 Å². The number of aromatic hydroxyl groups is 1. The van der Waals surface area contributed by atoms with Crippen LogP contribution in [-0.2, 0) is 16.1 Å². The number of carbonyl (C=O) groups excluding carboxylic acids is 1. The van der Waals surface area contributed by atoms with Crippen molar-refractivity contribution >= 4 is 5.97 Å².